The van der Waals surface area contributed by atoms with E-state index in [0.29, 0.717) is 25.2 Å². The highest BCUT2D eigenvalue weighted by molar-refractivity contribution is 5.94. The van der Waals surface area contributed by atoms with Crippen molar-refractivity contribution in [1.82, 2.24) is 14.7 Å². The van der Waals surface area contributed by atoms with Crippen molar-refractivity contribution in [2.45, 2.75) is 63.9 Å². The Bertz CT molecular complexity index is 1200. The van der Waals surface area contributed by atoms with Crippen LogP contribution in [0.1, 0.15) is 61.5 Å². The lowest BCUT2D eigenvalue weighted by molar-refractivity contribution is -0.106. The van der Waals surface area contributed by atoms with Crippen molar-refractivity contribution in [2.24, 2.45) is 0 Å². The summed E-state index contributed by atoms with van der Waals surface area (Å²) in [7, 11) is 0. The van der Waals surface area contributed by atoms with Gasteiger partial charge in [0.25, 0.3) is 5.91 Å². The second-order valence-corrected chi connectivity index (χ2v) is 11.1. The number of hydrogen-bond donors (Lipinski definition) is 1. The molecule has 1 N–H and O–H groups in total. The SMILES string of the molecule is C#C[C@@H]1CN([C@](C)(c2ccc(C(=O)N(CC)CCO)cc2)c2cccc(OC3CCCCO3)c2)C(C)CN1CC=C. The van der Waals surface area contributed by atoms with E-state index in [0.717, 1.165) is 55.8 Å². The number of terminal acetylenes is 1. The van der Waals surface area contributed by atoms with Crippen molar-refractivity contribution in [1.29, 1.82) is 0 Å². The summed E-state index contributed by atoms with van der Waals surface area (Å²) in [5.74, 6) is 3.70. The minimum atomic E-state index is -0.557. The maximum atomic E-state index is 13.1. The van der Waals surface area contributed by atoms with Gasteiger partial charge in [0, 0.05) is 50.7 Å². The van der Waals surface area contributed by atoms with Gasteiger partial charge in [0.05, 0.1) is 24.8 Å². The number of hydrogen-bond acceptors (Lipinski definition) is 6. The van der Waals surface area contributed by atoms with Gasteiger partial charge in [-0.2, -0.15) is 0 Å². The third-order valence-electron chi connectivity index (χ3n) is 8.51. The average molecular weight is 560 g/mol. The van der Waals surface area contributed by atoms with Gasteiger partial charge < -0.3 is 19.5 Å². The zero-order valence-corrected chi connectivity index (χ0v) is 24.8. The highest BCUT2D eigenvalue weighted by atomic mass is 16.7. The summed E-state index contributed by atoms with van der Waals surface area (Å²) in [6, 6.07) is 16.3. The van der Waals surface area contributed by atoms with Crippen molar-refractivity contribution in [3.63, 3.8) is 0 Å². The van der Waals surface area contributed by atoms with Crippen molar-refractivity contribution >= 4 is 5.91 Å². The maximum Gasteiger partial charge on any atom is 0.253 e. The molecule has 2 aliphatic rings. The standard InChI is InChI=1S/C34H45N3O4/c1-6-19-36-24-26(4)37(25-30(36)7-2)34(5,28-17-15-27(16-18-28)33(39)35(8-3)20-21-38)29-12-11-13-31(23-29)41-32-14-9-10-22-40-32/h2,6,11-13,15-18,23,26,30,32,38H,1,8-10,14,19-22,24-25H2,3-5H3/t26?,30-,32?,34-/m1/s1. The summed E-state index contributed by atoms with van der Waals surface area (Å²) in [5.41, 5.74) is 2.19. The van der Waals surface area contributed by atoms with E-state index in [1.165, 1.54) is 0 Å². The summed E-state index contributed by atoms with van der Waals surface area (Å²) in [6.45, 7) is 14.1. The lowest BCUT2D eigenvalue weighted by atomic mass is 9.80. The van der Waals surface area contributed by atoms with Gasteiger partial charge in [-0.1, -0.05) is 36.3 Å². The van der Waals surface area contributed by atoms with E-state index in [4.69, 9.17) is 15.9 Å². The number of ether oxygens (including phenoxy) is 2. The predicted molar refractivity (Wildman–Crippen MR) is 163 cm³/mol. The van der Waals surface area contributed by atoms with E-state index in [1.54, 1.807) is 4.90 Å². The molecule has 41 heavy (non-hydrogen) atoms. The molecule has 2 saturated heterocycles. The molecular formula is C34H45N3O4. The molecule has 0 bridgehead atoms. The first-order valence-electron chi connectivity index (χ1n) is 14.8. The van der Waals surface area contributed by atoms with Crippen LogP contribution >= 0.6 is 0 Å². The number of benzene rings is 2. The topological polar surface area (TPSA) is 65.5 Å². The normalized spacial score (nSPS) is 23.2. The molecule has 4 atom stereocenters. The summed E-state index contributed by atoms with van der Waals surface area (Å²) in [6.07, 6.45) is 10.8. The van der Waals surface area contributed by atoms with Gasteiger partial charge in [-0.25, -0.2) is 0 Å². The van der Waals surface area contributed by atoms with Gasteiger partial charge in [-0.05, 0) is 69.0 Å². The number of rotatable bonds is 11. The van der Waals surface area contributed by atoms with E-state index in [9.17, 15) is 9.90 Å². The van der Waals surface area contributed by atoms with E-state index in [-0.39, 0.29) is 30.9 Å². The Kier molecular flexibility index (Phi) is 10.6. The highest BCUT2D eigenvalue weighted by Gasteiger charge is 2.43. The number of piperazine rings is 1. The Morgan fingerprint density at radius 1 is 1.24 bits per heavy atom. The molecule has 2 aliphatic heterocycles. The van der Waals surface area contributed by atoms with Crippen molar-refractivity contribution in [3.05, 3.63) is 77.9 Å². The molecule has 7 nitrogen and oxygen atoms in total. The number of amides is 1. The van der Waals surface area contributed by atoms with Gasteiger partial charge >= 0.3 is 0 Å². The summed E-state index contributed by atoms with van der Waals surface area (Å²) in [5, 5.41) is 9.39. The monoisotopic (exact) mass is 559 g/mol. The van der Waals surface area contributed by atoms with E-state index < -0.39 is 5.54 Å². The fourth-order valence-electron chi connectivity index (χ4n) is 6.17. The van der Waals surface area contributed by atoms with Gasteiger partial charge in [-0.3, -0.25) is 14.6 Å². The Hall–Kier alpha value is -3.15. The summed E-state index contributed by atoms with van der Waals surface area (Å²) >= 11 is 0. The van der Waals surface area contributed by atoms with E-state index in [1.807, 2.05) is 49.4 Å². The van der Waals surface area contributed by atoms with Crippen LogP contribution < -0.4 is 4.74 Å². The minimum Gasteiger partial charge on any atom is -0.465 e. The third kappa shape index (κ3) is 6.85. The summed E-state index contributed by atoms with van der Waals surface area (Å²) < 4.78 is 12.1. The molecule has 0 aromatic heterocycles. The van der Waals surface area contributed by atoms with Gasteiger partial charge in [0.1, 0.15) is 5.75 Å². The number of carbonyl (C=O) groups excluding carboxylic acids is 1. The Labute approximate surface area is 245 Å². The Morgan fingerprint density at radius 2 is 2.02 bits per heavy atom. The van der Waals surface area contributed by atoms with Gasteiger partial charge in [0.2, 0.25) is 0 Å². The first-order valence-corrected chi connectivity index (χ1v) is 14.8. The zero-order valence-electron chi connectivity index (χ0n) is 24.8. The van der Waals surface area contributed by atoms with Crippen molar-refractivity contribution in [3.8, 4) is 18.1 Å². The molecule has 0 aliphatic carbocycles. The van der Waals surface area contributed by atoms with Crippen molar-refractivity contribution in [2.75, 3.05) is 45.9 Å². The number of likely N-dealkylation sites (N-methyl/N-ethyl adjacent to an activating group) is 1. The molecule has 2 aromatic carbocycles. The maximum absolute atomic E-state index is 13.1. The molecule has 220 valence electrons. The lowest BCUT2D eigenvalue weighted by Crippen LogP contribution is -2.62. The number of aliphatic hydroxyl groups is 1. The third-order valence-corrected chi connectivity index (χ3v) is 8.51. The van der Waals surface area contributed by atoms with Crippen LogP contribution in [-0.2, 0) is 10.3 Å². The predicted octanol–water partition coefficient (Wildman–Crippen LogP) is 4.50. The largest absolute Gasteiger partial charge is 0.465 e. The lowest BCUT2D eigenvalue weighted by Gasteiger charge is -2.52. The molecule has 7 heteroatoms. The van der Waals surface area contributed by atoms with Crippen LogP contribution in [0.15, 0.2) is 61.2 Å². The van der Waals surface area contributed by atoms with Crippen LogP contribution in [0.3, 0.4) is 0 Å². The fraction of sp³-hybridized carbons (Fsp3) is 0.500. The average Bonchev–Trinajstić information content (AvgIpc) is 3.00. The van der Waals surface area contributed by atoms with Crippen LogP contribution in [0.25, 0.3) is 0 Å². The zero-order chi connectivity index (χ0) is 29.4. The number of aliphatic hydroxyl groups excluding tert-OH is 1. The molecule has 2 aromatic rings. The second kappa shape index (κ2) is 14.2. The molecule has 2 heterocycles. The van der Waals surface area contributed by atoms with Gasteiger partial charge in [0.15, 0.2) is 6.29 Å². The quantitative estimate of drug-likeness (QED) is 0.323. The Morgan fingerprint density at radius 3 is 2.66 bits per heavy atom. The molecule has 0 radical (unpaired) electrons. The molecule has 0 saturated carbocycles. The molecular weight excluding hydrogens is 514 g/mol. The van der Waals surface area contributed by atoms with Crippen LogP contribution in [0.2, 0.25) is 0 Å². The molecule has 0 spiro atoms. The van der Waals surface area contributed by atoms with E-state index in [2.05, 4.69) is 48.3 Å². The van der Waals surface area contributed by atoms with E-state index >= 15 is 0 Å². The first-order chi connectivity index (χ1) is 19.8. The van der Waals surface area contributed by atoms with Crippen LogP contribution in [-0.4, -0.2) is 90.0 Å². The second-order valence-electron chi connectivity index (χ2n) is 11.1. The molecule has 2 unspecified atom stereocenters. The molecule has 1 amide bonds. The Balaban J connectivity index is 1.73. The molecule has 2 fully saturated rings. The number of carbonyl (C=O) groups is 1. The van der Waals surface area contributed by atoms with Crippen LogP contribution in [0.5, 0.6) is 5.75 Å². The fourth-order valence-corrected chi connectivity index (χ4v) is 6.17. The molecule has 4 rings (SSSR count). The van der Waals surface area contributed by atoms with Crippen molar-refractivity contribution < 1.29 is 19.4 Å². The smallest absolute Gasteiger partial charge is 0.253 e. The van der Waals surface area contributed by atoms with Crippen LogP contribution in [0.4, 0.5) is 0 Å². The van der Waals surface area contributed by atoms with Crippen LogP contribution in [0, 0.1) is 12.3 Å². The first kappa shape index (κ1) is 30.8. The van der Waals surface area contributed by atoms with Gasteiger partial charge in [-0.15, -0.1) is 13.0 Å². The number of nitrogens with zero attached hydrogens (tertiary/aromatic N) is 3. The highest BCUT2D eigenvalue weighted by Crippen LogP contribution is 2.40. The summed E-state index contributed by atoms with van der Waals surface area (Å²) in [4.78, 5) is 19.5. The minimum absolute atomic E-state index is 0.0592.